The van der Waals surface area contributed by atoms with E-state index in [4.69, 9.17) is 5.73 Å². The van der Waals surface area contributed by atoms with Crippen LogP contribution in [0.3, 0.4) is 0 Å². The molecule has 90 valence electrons. The Bertz CT molecular complexity index is 738. The number of nitrogens with two attached hydrogens (primary N) is 1. The van der Waals surface area contributed by atoms with Crippen molar-refractivity contribution in [1.82, 2.24) is 14.6 Å². The number of rotatable bonds is 1. The number of hydrogen-bond acceptors (Lipinski definition) is 3. The van der Waals surface area contributed by atoms with Crippen molar-refractivity contribution < 1.29 is 4.39 Å². The standard InChI is InChI=1S/C12H8BrFN4/c13-7-4-5-10-16-17-12(18(10)6-7)8-2-1-3-9(14)11(8)15/h1-6H,15H2. The van der Waals surface area contributed by atoms with E-state index in [1.807, 2.05) is 18.3 Å². The first-order valence-corrected chi connectivity index (χ1v) is 6.01. The molecule has 0 radical (unpaired) electrons. The zero-order chi connectivity index (χ0) is 12.7. The third kappa shape index (κ3) is 1.65. The summed E-state index contributed by atoms with van der Waals surface area (Å²) in [6.07, 6.45) is 1.81. The molecule has 1 aromatic carbocycles. The maximum Gasteiger partial charge on any atom is 0.170 e. The molecule has 3 aromatic rings. The number of para-hydroxylation sites is 1. The van der Waals surface area contributed by atoms with Gasteiger partial charge in [0.2, 0.25) is 0 Å². The van der Waals surface area contributed by atoms with Gasteiger partial charge in [-0.1, -0.05) is 6.07 Å². The Morgan fingerprint density at radius 1 is 1.17 bits per heavy atom. The average molecular weight is 307 g/mol. The lowest BCUT2D eigenvalue weighted by Crippen LogP contribution is -1.97. The molecule has 2 N–H and O–H groups in total. The monoisotopic (exact) mass is 306 g/mol. The van der Waals surface area contributed by atoms with Crippen LogP contribution in [0.15, 0.2) is 41.0 Å². The predicted octanol–water partition coefficient (Wildman–Crippen LogP) is 2.88. The van der Waals surface area contributed by atoms with Crippen LogP contribution in [-0.2, 0) is 0 Å². The lowest BCUT2D eigenvalue weighted by molar-refractivity contribution is 0.633. The molecule has 2 aromatic heterocycles. The van der Waals surface area contributed by atoms with E-state index in [2.05, 4.69) is 26.1 Å². The van der Waals surface area contributed by atoms with Crippen molar-refractivity contribution in [1.29, 1.82) is 0 Å². The van der Waals surface area contributed by atoms with E-state index >= 15 is 0 Å². The molecule has 0 atom stereocenters. The minimum atomic E-state index is -0.459. The van der Waals surface area contributed by atoms with Crippen molar-refractivity contribution >= 4 is 27.3 Å². The van der Waals surface area contributed by atoms with Gasteiger partial charge in [0.1, 0.15) is 5.82 Å². The van der Waals surface area contributed by atoms with Crippen LogP contribution >= 0.6 is 15.9 Å². The fourth-order valence-electron chi connectivity index (χ4n) is 1.78. The highest BCUT2D eigenvalue weighted by Gasteiger charge is 2.13. The summed E-state index contributed by atoms with van der Waals surface area (Å²) in [5, 5.41) is 8.08. The Labute approximate surface area is 110 Å². The Hall–Kier alpha value is -1.95. The molecule has 0 fully saturated rings. The molecular weight excluding hydrogens is 299 g/mol. The van der Waals surface area contributed by atoms with Crippen LogP contribution in [0.2, 0.25) is 0 Å². The second-order valence-electron chi connectivity index (χ2n) is 3.80. The summed E-state index contributed by atoms with van der Waals surface area (Å²) in [5.74, 6) is 0.0579. The van der Waals surface area contributed by atoms with E-state index in [1.165, 1.54) is 6.07 Å². The van der Waals surface area contributed by atoms with E-state index in [-0.39, 0.29) is 5.69 Å². The SMILES string of the molecule is Nc1c(F)cccc1-c1nnc2ccc(Br)cn12. The number of hydrogen-bond donors (Lipinski definition) is 1. The molecule has 0 spiro atoms. The predicted molar refractivity (Wildman–Crippen MR) is 70.5 cm³/mol. The van der Waals surface area contributed by atoms with E-state index < -0.39 is 5.82 Å². The van der Waals surface area contributed by atoms with Gasteiger partial charge < -0.3 is 5.73 Å². The van der Waals surface area contributed by atoms with E-state index in [0.29, 0.717) is 17.0 Å². The fourth-order valence-corrected chi connectivity index (χ4v) is 2.12. The number of halogens is 2. The maximum atomic E-state index is 13.5. The first-order chi connectivity index (χ1) is 8.66. The van der Waals surface area contributed by atoms with Gasteiger partial charge in [-0.25, -0.2) is 4.39 Å². The molecule has 0 amide bonds. The van der Waals surface area contributed by atoms with E-state index in [9.17, 15) is 4.39 Å². The van der Waals surface area contributed by atoms with Crippen molar-refractivity contribution in [3.8, 4) is 11.4 Å². The molecule has 0 aliphatic carbocycles. The molecule has 0 saturated carbocycles. The van der Waals surface area contributed by atoms with E-state index in [1.54, 1.807) is 16.5 Å². The Morgan fingerprint density at radius 3 is 2.83 bits per heavy atom. The Morgan fingerprint density at radius 2 is 2.00 bits per heavy atom. The normalized spacial score (nSPS) is 11.0. The molecule has 0 bridgehead atoms. The number of fused-ring (bicyclic) bond motifs is 1. The van der Waals surface area contributed by atoms with Crippen LogP contribution in [-0.4, -0.2) is 14.6 Å². The first-order valence-electron chi connectivity index (χ1n) is 5.21. The second-order valence-corrected chi connectivity index (χ2v) is 4.72. The van der Waals surface area contributed by atoms with Crippen molar-refractivity contribution in [2.24, 2.45) is 0 Å². The smallest absolute Gasteiger partial charge is 0.170 e. The van der Waals surface area contributed by atoms with Gasteiger partial charge in [-0.15, -0.1) is 10.2 Å². The Kier molecular flexibility index (Phi) is 2.52. The summed E-state index contributed by atoms with van der Waals surface area (Å²) in [7, 11) is 0. The van der Waals surface area contributed by atoms with Crippen molar-refractivity contribution in [3.63, 3.8) is 0 Å². The third-order valence-electron chi connectivity index (χ3n) is 2.66. The van der Waals surface area contributed by atoms with Crippen LogP contribution in [0.1, 0.15) is 0 Å². The summed E-state index contributed by atoms with van der Waals surface area (Å²) in [6.45, 7) is 0. The minimum Gasteiger partial charge on any atom is -0.396 e. The molecular formula is C12H8BrFN4. The summed E-state index contributed by atoms with van der Waals surface area (Å²) in [5.41, 5.74) is 7.02. The quantitative estimate of drug-likeness (QED) is 0.703. The summed E-state index contributed by atoms with van der Waals surface area (Å²) in [6, 6.07) is 8.31. The number of pyridine rings is 1. The number of aromatic nitrogens is 3. The number of benzene rings is 1. The van der Waals surface area contributed by atoms with Gasteiger partial charge in [-0.2, -0.15) is 0 Å². The molecule has 0 aliphatic heterocycles. The van der Waals surface area contributed by atoms with Crippen LogP contribution in [0.25, 0.3) is 17.0 Å². The zero-order valence-electron chi connectivity index (χ0n) is 9.14. The zero-order valence-corrected chi connectivity index (χ0v) is 10.7. The van der Waals surface area contributed by atoms with Crippen molar-refractivity contribution in [2.45, 2.75) is 0 Å². The van der Waals surface area contributed by atoms with Crippen molar-refractivity contribution in [2.75, 3.05) is 5.73 Å². The highest BCUT2D eigenvalue weighted by molar-refractivity contribution is 9.10. The molecule has 0 saturated heterocycles. The largest absolute Gasteiger partial charge is 0.396 e. The summed E-state index contributed by atoms with van der Waals surface area (Å²) < 4.78 is 16.1. The molecule has 0 aliphatic rings. The highest BCUT2D eigenvalue weighted by atomic mass is 79.9. The topological polar surface area (TPSA) is 56.2 Å². The lowest BCUT2D eigenvalue weighted by Gasteiger charge is -2.04. The summed E-state index contributed by atoms with van der Waals surface area (Å²) in [4.78, 5) is 0. The number of anilines is 1. The Balaban J connectivity index is 2.32. The molecule has 18 heavy (non-hydrogen) atoms. The van der Waals surface area contributed by atoms with Crippen LogP contribution in [0.5, 0.6) is 0 Å². The van der Waals surface area contributed by atoms with Gasteiger partial charge in [0.15, 0.2) is 11.5 Å². The van der Waals surface area contributed by atoms with E-state index in [0.717, 1.165) is 4.47 Å². The molecule has 2 heterocycles. The molecule has 3 rings (SSSR count). The summed E-state index contributed by atoms with van der Waals surface area (Å²) >= 11 is 3.38. The second kappa shape index (κ2) is 4.06. The van der Waals surface area contributed by atoms with Gasteiger partial charge in [0.25, 0.3) is 0 Å². The van der Waals surface area contributed by atoms with Crippen LogP contribution < -0.4 is 5.73 Å². The van der Waals surface area contributed by atoms with Gasteiger partial charge in [-0.05, 0) is 40.2 Å². The number of nitrogen functional groups attached to an aromatic ring is 1. The van der Waals surface area contributed by atoms with Crippen molar-refractivity contribution in [3.05, 3.63) is 46.8 Å². The van der Waals surface area contributed by atoms with Gasteiger partial charge in [0, 0.05) is 16.2 Å². The molecule has 4 nitrogen and oxygen atoms in total. The van der Waals surface area contributed by atoms with Crippen LogP contribution in [0.4, 0.5) is 10.1 Å². The third-order valence-corrected chi connectivity index (χ3v) is 3.13. The highest BCUT2D eigenvalue weighted by Crippen LogP contribution is 2.27. The maximum absolute atomic E-state index is 13.5. The molecule has 6 heteroatoms. The first kappa shape index (κ1) is 11.2. The van der Waals surface area contributed by atoms with Gasteiger partial charge in [0.05, 0.1) is 5.69 Å². The fraction of sp³-hybridized carbons (Fsp3) is 0. The average Bonchev–Trinajstić information content (AvgIpc) is 2.75. The van der Waals surface area contributed by atoms with Gasteiger partial charge >= 0.3 is 0 Å². The van der Waals surface area contributed by atoms with Crippen LogP contribution in [0, 0.1) is 5.82 Å². The number of nitrogens with zero attached hydrogens (tertiary/aromatic N) is 3. The minimum absolute atomic E-state index is 0.0757. The lowest BCUT2D eigenvalue weighted by atomic mass is 10.1. The molecule has 0 unspecified atom stereocenters. The van der Waals surface area contributed by atoms with Gasteiger partial charge in [-0.3, -0.25) is 4.40 Å².